The summed E-state index contributed by atoms with van der Waals surface area (Å²) in [6, 6.07) is 6.88. The fourth-order valence-corrected chi connectivity index (χ4v) is 1.56. The van der Waals surface area contributed by atoms with Crippen molar-refractivity contribution in [2.75, 3.05) is 12.9 Å². The Labute approximate surface area is 87.9 Å². The van der Waals surface area contributed by atoms with Crippen LogP contribution < -0.4 is 5.73 Å². The van der Waals surface area contributed by atoms with Crippen molar-refractivity contribution < 1.29 is 10.2 Å². The molecule has 1 aromatic carbocycles. The van der Waals surface area contributed by atoms with Gasteiger partial charge in [0.25, 0.3) is 0 Å². The summed E-state index contributed by atoms with van der Waals surface area (Å²) < 4.78 is 0. The normalized spacial score (nSPS) is 15.1. The van der Waals surface area contributed by atoms with Gasteiger partial charge in [0.2, 0.25) is 0 Å². The van der Waals surface area contributed by atoms with E-state index in [1.807, 2.05) is 30.5 Å². The monoisotopic (exact) mass is 213 g/mol. The van der Waals surface area contributed by atoms with Gasteiger partial charge in [0.1, 0.15) is 0 Å². The van der Waals surface area contributed by atoms with Crippen molar-refractivity contribution in [2.45, 2.75) is 17.0 Å². The van der Waals surface area contributed by atoms with E-state index in [1.54, 1.807) is 11.8 Å². The summed E-state index contributed by atoms with van der Waals surface area (Å²) >= 11 is 1.64. The number of hydrogen-bond acceptors (Lipinski definition) is 4. The molecule has 2 atom stereocenters. The Kier molecular flexibility index (Phi) is 4.41. The third-order valence-corrected chi connectivity index (χ3v) is 2.82. The minimum absolute atomic E-state index is 0.217. The number of nitrogens with two attached hydrogens (primary N) is 1. The van der Waals surface area contributed by atoms with Gasteiger partial charge in [-0.15, -0.1) is 11.8 Å². The molecule has 0 saturated carbocycles. The first-order chi connectivity index (χ1) is 6.69. The van der Waals surface area contributed by atoms with E-state index in [1.165, 1.54) is 0 Å². The molecule has 0 fully saturated rings. The Balaban J connectivity index is 2.75. The zero-order chi connectivity index (χ0) is 10.6. The van der Waals surface area contributed by atoms with Crippen LogP contribution in [0.5, 0.6) is 0 Å². The smallest absolute Gasteiger partial charge is 0.0963 e. The number of aliphatic hydroxyl groups excluding tert-OH is 2. The van der Waals surface area contributed by atoms with E-state index in [9.17, 15) is 5.11 Å². The van der Waals surface area contributed by atoms with E-state index >= 15 is 0 Å². The van der Waals surface area contributed by atoms with Gasteiger partial charge in [-0.25, -0.2) is 0 Å². The molecule has 78 valence electrons. The Hall–Kier alpha value is -0.550. The van der Waals surface area contributed by atoms with Gasteiger partial charge < -0.3 is 15.9 Å². The van der Waals surface area contributed by atoms with Gasteiger partial charge in [-0.2, -0.15) is 0 Å². The number of aliphatic hydroxyl groups is 2. The van der Waals surface area contributed by atoms with Crippen LogP contribution >= 0.6 is 11.8 Å². The van der Waals surface area contributed by atoms with Gasteiger partial charge in [0.15, 0.2) is 0 Å². The second-order valence-electron chi connectivity index (χ2n) is 3.06. The number of thioether (sulfide) groups is 1. The molecule has 1 unspecified atom stereocenters. The summed E-state index contributed by atoms with van der Waals surface area (Å²) in [6.07, 6.45) is 1.20. The average Bonchev–Trinajstić information content (AvgIpc) is 2.27. The highest BCUT2D eigenvalue weighted by molar-refractivity contribution is 7.98. The fourth-order valence-electron chi connectivity index (χ4n) is 1.15. The Bertz CT molecular complexity index is 276. The zero-order valence-corrected chi connectivity index (χ0v) is 8.87. The molecule has 0 aliphatic heterocycles. The fraction of sp³-hybridized carbons (Fsp3) is 0.400. The standard InChI is InChI=1S/C10H15NO2S/c1-14-8-4-2-7(3-5-8)10(13)9(11)6-12/h2-5,9-10,12-13H,6,11H2,1H3/t9-,10?/m1/s1. The highest BCUT2D eigenvalue weighted by Crippen LogP contribution is 2.20. The quantitative estimate of drug-likeness (QED) is 0.646. The molecule has 1 aromatic rings. The van der Waals surface area contributed by atoms with Crippen LogP contribution in [-0.4, -0.2) is 29.1 Å². The van der Waals surface area contributed by atoms with Crippen LogP contribution in [0.1, 0.15) is 11.7 Å². The predicted molar refractivity (Wildman–Crippen MR) is 58.2 cm³/mol. The Morgan fingerprint density at radius 2 is 1.93 bits per heavy atom. The number of rotatable bonds is 4. The van der Waals surface area contributed by atoms with E-state index in [4.69, 9.17) is 10.8 Å². The SMILES string of the molecule is CSc1ccc(C(O)[C@H](N)CO)cc1. The summed E-state index contributed by atoms with van der Waals surface area (Å²) in [6.45, 7) is -0.217. The van der Waals surface area contributed by atoms with Gasteiger partial charge >= 0.3 is 0 Å². The van der Waals surface area contributed by atoms with Crippen molar-refractivity contribution in [3.8, 4) is 0 Å². The number of benzene rings is 1. The predicted octanol–water partition coefficient (Wildman–Crippen LogP) is 0.762. The summed E-state index contributed by atoms with van der Waals surface area (Å²) in [5.41, 5.74) is 6.25. The molecule has 14 heavy (non-hydrogen) atoms. The molecular formula is C10H15NO2S. The molecule has 0 radical (unpaired) electrons. The average molecular weight is 213 g/mol. The van der Waals surface area contributed by atoms with Crippen LogP contribution in [-0.2, 0) is 0 Å². The molecule has 0 spiro atoms. The van der Waals surface area contributed by atoms with Crippen LogP contribution in [0.3, 0.4) is 0 Å². The number of hydrogen-bond donors (Lipinski definition) is 3. The van der Waals surface area contributed by atoms with Gasteiger partial charge in [-0.05, 0) is 24.0 Å². The molecule has 3 nitrogen and oxygen atoms in total. The minimum atomic E-state index is -0.795. The third-order valence-electron chi connectivity index (χ3n) is 2.07. The molecule has 4 heteroatoms. The van der Waals surface area contributed by atoms with Crippen LogP contribution in [0, 0.1) is 0 Å². The van der Waals surface area contributed by atoms with Crippen molar-refractivity contribution >= 4 is 11.8 Å². The molecule has 0 aliphatic rings. The van der Waals surface area contributed by atoms with Crippen molar-refractivity contribution in [1.29, 1.82) is 0 Å². The lowest BCUT2D eigenvalue weighted by atomic mass is 10.0. The maximum absolute atomic E-state index is 9.66. The summed E-state index contributed by atoms with van der Waals surface area (Å²) in [7, 11) is 0. The first kappa shape index (κ1) is 11.5. The van der Waals surface area contributed by atoms with Crippen molar-refractivity contribution in [2.24, 2.45) is 5.73 Å². The van der Waals surface area contributed by atoms with E-state index in [-0.39, 0.29) is 6.61 Å². The van der Waals surface area contributed by atoms with Gasteiger partial charge in [0, 0.05) is 4.90 Å². The second kappa shape index (κ2) is 5.36. The van der Waals surface area contributed by atoms with E-state index in [0.29, 0.717) is 0 Å². The largest absolute Gasteiger partial charge is 0.395 e. The molecule has 0 bridgehead atoms. The molecule has 0 amide bonds. The molecular weight excluding hydrogens is 198 g/mol. The van der Waals surface area contributed by atoms with Crippen LogP contribution in [0.4, 0.5) is 0 Å². The molecule has 0 saturated heterocycles. The Morgan fingerprint density at radius 3 is 2.36 bits per heavy atom. The highest BCUT2D eigenvalue weighted by atomic mass is 32.2. The van der Waals surface area contributed by atoms with E-state index < -0.39 is 12.1 Å². The van der Waals surface area contributed by atoms with Gasteiger partial charge in [-0.3, -0.25) is 0 Å². The Morgan fingerprint density at radius 1 is 1.36 bits per heavy atom. The van der Waals surface area contributed by atoms with Gasteiger partial charge in [-0.1, -0.05) is 12.1 Å². The second-order valence-corrected chi connectivity index (χ2v) is 3.94. The minimum Gasteiger partial charge on any atom is -0.395 e. The van der Waals surface area contributed by atoms with E-state index in [2.05, 4.69) is 0 Å². The zero-order valence-electron chi connectivity index (χ0n) is 8.05. The van der Waals surface area contributed by atoms with Gasteiger partial charge in [0.05, 0.1) is 18.8 Å². The lowest BCUT2D eigenvalue weighted by molar-refractivity contribution is 0.109. The van der Waals surface area contributed by atoms with Crippen molar-refractivity contribution in [3.05, 3.63) is 29.8 Å². The molecule has 0 aromatic heterocycles. The summed E-state index contributed by atoms with van der Waals surface area (Å²) in [4.78, 5) is 1.14. The lowest BCUT2D eigenvalue weighted by Crippen LogP contribution is -2.31. The molecule has 4 N–H and O–H groups in total. The lowest BCUT2D eigenvalue weighted by Gasteiger charge is -2.16. The van der Waals surface area contributed by atoms with Crippen LogP contribution in [0.15, 0.2) is 29.2 Å². The molecule has 0 heterocycles. The molecule has 1 rings (SSSR count). The van der Waals surface area contributed by atoms with Crippen molar-refractivity contribution in [3.63, 3.8) is 0 Å². The van der Waals surface area contributed by atoms with Crippen molar-refractivity contribution in [1.82, 2.24) is 0 Å². The van der Waals surface area contributed by atoms with E-state index in [0.717, 1.165) is 10.5 Å². The summed E-state index contributed by atoms with van der Waals surface area (Å²) in [5.74, 6) is 0. The summed E-state index contributed by atoms with van der Waals surface area (Å²) in [5, 5.41) is 18.4. The van der Waals surface area contributed by atoms with Crippen LogP contribution in [0.25, 0.3) is 0 Å². The third kappa shape index (κ3) is 2.72. The first-order valence-electron chi connectivity index (χ1n) is 4.37. The van der Waals surface area contributed by atoms with Crippen LogP contribution in [0.2, 0.25) is 0 Å². The maximum atomic E-state index is 9.66. The highest BCUT2D eigenvalue weighted by Gasteiger charge is 2.15. The molecule has 0 aliphatic carbocycles. The topological polar surface area (TPSA) is 66.5 Å². The maximum Gasteiger partial charge on any atom is 0.0963 e. The first-order valence-corrected chi connectivity index (χ1v) is 5.60.